The van der Waals surface area contributed by atoms with E-state index in [1.165, 1.54) is 4.90 Å². The first-order chi connectivity index (χ1) is 7.60. The number of carbonyl (C=O) groups excluding carboxylic acids is 1. The van der Waals surface area contributed by atoms with E-state index in [0.717, 1.165) is 12.8 Å². The van der Waals surface area contributed by atoms with Gasteiger partial charge in [0.2, 0.25) is 5.91 Å². The van der Waals surface area contributed by atoms with Crippen LogP contribution in [-0.4, -0.2) is 40.2 Å². The molecule has 1 amide bonds. The summed E-state index contributed by atoms with van der Waals surface area (Å²) in [5, 5.41) is 9.12. The van der Waals surface area contributed by atoms with E-state index in [-0.39, 0.29) is 11.8 Å². The van der Waals surface area contributed by atoms with Gasteiger partial charge in [-0.1, -0.05) is 19.8 Å². The summed E-state index contributed by atoms with van der Waals surface area (Å²) in [7, 11) is 0. The summed E-state index contributed by atoms with van der Waals surface area (Å²) in [5.74, 6) is -0.0778. The third-order valence-electron chi connectivity index (χ3n) is 2.99. The highest BCUT2D eigenvalue weighted by Gasteiger charge is 2.36. The largest absolute Gasteiger partial charge is 0.480 e. The summed E-state index contributed by atoms with van der Waals surface area (Å²) < 4.78 is 0. The Morgan fingerprint density at radius 1 is 1.69 bits per heavy atom. The summed E-state index contributed by atoms with van der Waals surface area (Å²) in [6.45, 7) is 2.56. The van der Waals surface area contributed by atoms with Crippen molar-refractivity contribution in [2.75, 3.05) is 12.3 Å². The van der Waals surface area contributed by atoms with Gasteiger partial charge in [-0.15, -0.1) is 0 Å². The molecule has 0 aromatic carbocycles. The smallest absolute Gasteiger partial charge is 0.326 e. The fourth-order valence-electron chi connectivity index (χ4n) is 2.04. The number of rotatable bonds is 6. The summed E-state index contributed by atoms with van der Waals surface area (Å²) in [6, 6.07) is -0.641. The van der Waals surface area contributed by atoms with Crippen molar-refractivity contribution in [3.8, 4) is 0 Å². The van der Waals surface area contributed by atoms with Gasteiger partial charge >= 0.3 is 5.97 Å². The maximum absolute atomic E-state index is 11.7. The third-order valence-corrected chi connectivity index (χ3v) is 3.51. The van der Waals surface area contributed by atoms with Gasteiger partial charge in [-0.2, -0.15) is 12.6 Å². The number of likely N-dealkylation sites (tertiary alicyclic amines) is 1. The van der Waals surface area contributed by atoms with E-state index < -0.39 is 12.0 Å². The lowest BCUT2D eigenvalue weighted by atomic mass is 10.1. The van der Waals surface area contributed by atoms with Crippen LogP contribution in [0.3, 0.4) is 0 Å². The van der Waals surface area contributed by atoms with Crippen LogP contribution in [-0.2, 0) is 9.59 Å². The maximum Gasteiger partial charge on any atom is 0.326 e. The van der Waals surface area contributed by atoms with Gasteiger partial charge in [0.1, 0.15) is 6.04 Å². The predicted octanol–water partition coefficient (Wildman–Crippen LogP) is 1.41. The Labute approximate surface area is 101 Å². The molecule has 0 bridgehead atoms. The second kappa shape index (κ2) is 6.13. The molecule has 0 aromatic rings. The van der Waals surface area contributed by atoms with E-state index >= 15 is 0 Å². The Kier molecular flexibility index (Phi) is 5.12. The minimum atomic E-state index is -0.887. The van der Waals surface area contributed by atoms with Gasteiger partial charge in [0.15, 0.2) is 0 Å². The van der Waals surface area contributed by atoms with Crippen LogP contribution >= 0.6 is 12.6 Å². The summed E-state index contributed by atoms with van der Waals surface area (Å²) >= 11 is 4.16. The molecule has 5 heteroatoms. The normalized spacial score (nSPS) is 22.5. The van der Waals surface area contributed by atoms with Crippen molar-refractivity contribution in [3.63, 3.8) is 0 Å². The van der Waals surface area contributed by atoms with Gasteiger partial charge in [0.25, 0.3) is 0 Å². The predicted molar refractivity (Wildman–Crippen MR) is 64.6 cm³/mol. The highest BCUT2D eigenvalue weighted by atomic mass is 32.1. The molecule has 1 aliphatic rings. The molecule has 16 heavy (non-hydrogen) atoms. The molecule has 1 fully saturated rings. The molecule has 4 nitrogen and oxygen atoms in total. The van der Waals surface area contributed by atoms with E-state index in [1.54, 1.807) is 0 Å². The molecule has 1 heterocycles. The van der Waals surface area contributed by atoms with E-state index in [0.29, 0.717) is 25.1 Å². The van der Waals surface area contributed by atoms with Crippen molar-refractivity contribution in [1.29, 1.82) is 0 Å². The lowest BCUT2D eigenvalue weighted by Crippen LogP contribution is -2.42. The Balaban J connectivity index is 2.64. The Bertz CT molecular complexity index is 270. The van der Waals surface area contributed by atoms with Gasteiger partial charge in [-0.25, -0.2) is 4.79 Å². The van der Waals surface area contributed by atoms with Crippen LogP contribution in [0.25, 0.3) is 0 Å². The van der Waals surface area contributed by atoms with Crippen molar-refractivity contribution >= 4 is 24.5 Å². The minimum absolute atomic E-state index is 0.0393. The fourth-order valence-corrected chi connectivity index (χ4v) is 2.29. The van der Waals surface area contributed by atoms with E-state index in [1.807, 2.05) is 6.92 Å². The molecule has 0 aromatic heterocycles. The van der Waals surface area contributed by atoms with Gasteiger partial charge in [0.05, 0.1) is 0 Å². The number of nitrogens with zero attached hydrogens (tertiary/aromatic N) is 1. The third kappa shape index (κ3) is 3.14. The molecule has 0 aliphatic carbocycles. The quantitative estimate of drug-likeness (QED) is 0.696. The Morgan fingerprint density at radius 2 is 2.38 bits per heavy atom. The first kappa shape index (κ1) is 13.4. The van der Waals surface area contributed by atoms with Crippen LogP contribution in [0.5, 0.6) is 0 Å². The van der Waals surface area contributed by atoms with Crippen LogP contribution in [0.2, 0.25) is 0 Å². The van der Waals surface area contributed by atoms with Crippen LogP contribution < -0.4 is 0 Å². The number of hydrogen-bond acceptors (Lipinski definition) is 3. The molecule has 2 unspecified atom stereocenters. The summed E-state index contributed by atoms with van der Waals surface area (Å²) in [6.07, 6.45) is 2.78. The van der Waals surface area contributed by atoms with Crippen LogP contribution in [0.1, 0.15) is 32.6 Å². The van der Waals surface area contributed by atoms with Gasteiger partial charge in [-0.05, 0) is 18.1 Å². The molecule has 1 aliphatic heterocycles. The first-order valence-electron chi connectivity index (χ1n) is 5.73. The number of carbonyl (C=O) groups is 2. The standard InChI is InChI=1S/C11H19NO3S/c1-2-3-4-9(11(14)15)12-6-8(7-16)5-10(12)13/h8-9,16H,2-7H2,1H3,(H,14,15). The van der Waals surface area contributed by atoms with Gasteiger partial charge in [0, 0.05) is 13.0 Å². The average molecular weight is 245 g/mol. The number of thiol groups is 1. The van der Waals surface area contributed by atoms with Crippen LogP contribution in [0, 0.1) is 5.92 Å². The zero-order valence-electron chi connectivity index (χ0n) is 9.56. The molecule has 1 N–H and O–H groups in total. The highest BCUT2D eigenvalue weighted by molar-refractivity contribution is 7.80. The molecule has 0 spiro atoms. The zero-order chi connectivity index (χ0) is 12.1. The van der Waals surface area contributed by atoms with Gasteiger partial charge in [-0.3, -0.25) is 4.79 Å². The highest BCUT2D eigenvalue weighted by Crippen LogP contribution is 2.23. The monoisotopic (exact) mass is 245 g/mol. The molecule has 92 valence electrons. The van der Waals surface area contributed by atoms with Crippen molar-refractivity contribution in [2.24, 2.45) is 5.92 Å². The fraction of sp³-hybridized carbons (Fsp3) is 0.818. The van der Waals surface area contributed by atoms with Crippen molar-refractivity contribution < 1.29 is 14.7 Å². The van der Waals surface area contributed by atoms with E-state index in [4.69, 9.17) is 5.11 Å². The number of amides is 1. The second-order valence-electron chi connectivity index (χ2n) is 4.30. The first-order valence-corrected chi connectivity index (χ1v) is 6.36. The number of unbranched alkanes of at least 4 members (excludes halogenated alkanes) is 1. The van der Waals surface area contributed by atoms with Crippen molar-refractivity contribution in [1.82, 2.24) is 4.90 Å². The lowest BCUT2D eigenvalue weighted by Gasteiger charge is -2.24. The molecule has 0 saturated carbocycles. The second-order valence-corrected chi connectivity index (χ2v) is 4.66. The number of carboxylic acids is 1. The molecule has 2 atom stereocenters. The topological polar surface area (TPSA) is 57.6 Å². The minimum Gasteiger partial charge on any atom is -0.480 e. The van der Waals surface area contributed by atoms with E-state index in [9.17, 15) is 9.59 Å². The molecular weight excluding hydrogens is 226 g/mol. The summed E-state index contributed by atoms with van der Waals surface area (Å²) in [5.41, 5.74) is 0. The maximum atomic E-state index is 11.7. The zero-order valence-corrected chi connectivity index (χ0v) is 10.4. The van der Waals surface area contributed by atoms with Crippen molar-refractivity contribution in [3.05, 3.63) is 0 Å². The SMILES string of the molecule is CCCCC(C(=O)O)N1CC(CS)CC1=O. The van der Waals surface area contributed by atoms with Gasteiger partial charge < -0.3 is 10.0 Å². The van der Waals surface area contributed by atoms with E-state index in [2.05, 4.69) is 12.6 Å². The average Bonchev–Trinajstić information content (AvgIpc) is 2.60. The van der Waals surface area contributed by atoms with Crippen LogP contribution in [0.15, 0.2) is 0 Å². The number of carboxylic acid groups (broad SMARTS) is 1. The molecular formula is C11H19NO3S. The van der Waals surface area contributed by atoms with Crippen LogP contribution in [0.4, 0.5) is 0 Å². The molecule has 1 rings (SSSR count). The molecule has 1 saturated heterocycles. The number of aliphatic carboxylic acids is 1. The van der Waals surface area contributed by atoms with Crippen molar-refractivity contribution in [2.45, 2.75) is 38.6 Å². The Morgan fingerprint density at radius 3 is 2.81 bits per heavy atom. The number of hydrogen-bond donors (Lipinski definition) is 2. The lowest BCUT2D eigenvalue weighted by molar-refractivity contribution is -0.148. The Hall–Kier alpha value is -0.710. The summed E-state index contributed by atoms with van der Waals surface area (Å²) in [4.78, 5) is 24.3. The molecule has 0 radical (unpaired) electrons.